The lowest BCUT2D eigenvalue weighted by molar-refractivity contribution is -0.217. The van der Waals surface area contributed by atoms with E-state index in [4.69, 9.17) is 15.2 Å². The number of aliphatic hydroxyl groups is 5. The van der Waals surface area contributed by atoms with Crippen LogP contribution in [0.15, 0.2) is 47.3 Å². The standard InChI is InChI=1S/C51H81N3O8/c1-7-9-10-22-61-47(46-30(4)35-17-12-31(11-8-2)13-18-39(35)62-46)49(6,59)40-20-21-51(60)43-42-33(24-48(40,51)5)15-14-32(34-16-19-41(52)53-28-34)25-50(42)26-38(57)37(56)23-36(50)45(58)44(43)54-27-29(3)55/h14-16,19,28-33,35-42,46-47,53-57,59-60H,7-13,17-18,20-27,52H2,1-6H3/t29-,30-,31-,32-,33+,35-,36-,37+,38-,39+,40-,41?,42-,46+,47+,48+,49+,50-,51+/m0/s1. The van der Waals surface area contributed by atoms with Gasteiger partial charge in [-0.1, -0.05) is 78.0 Å². The van der Waals surface area contributed by atoms with Gasteiger partial charge in [0.1, 0.15) is 6.10 Å². The Bertz CT molecular complexity index is 1760. The van der Waals surface area contributed by atoms with Crippen molar-refractivity contribution >= 4 is 5.78 Å². The molecule has 8 aliphatic rings. The molecule has 9 N–H and O–H groups in total. The van der Waals surface area contributed by atoms with Gasteiger partial charge in [0.25, 0.3) is 0 Å². The maximum absolute atomic E-state index is 15.4. The van der Waals surface area contributed by atoms with Gasteiger partial charge in [0, 0.05) is 36.6 Å². The Balaban J connectivity index is 1.22. The summed E-state index contributed by atoms with van der Waals surface area (Å²) in [5, 5.41) is 67.5. The van der Waals surface area contributed by atoms with E-state index < -0.39 is 58.3 Å². The third-order valence-corrected chi connectivity index (χ3v) is 18.2. The number of ketones is 1. The monoisotopic (exact) mass is 864 g/mol. The molecule has 1 saturated heterocycles. The topological polar surface area (TPSA) is 187 Å². The van der Waals surface area contributed by atoms with Crippen molar-refractivity contribution in [1.82, 2.24) is 10.6 Å². The minimum atomic E-state index is -1.50. The Hall–Kier alpha value is -2.09. The molecule has 0 bridgehead atoms. The number of dihydropyridines is 1. The van der Waals surface area contributed by atoms with Gasteiger partial charge in [0.2, 0.25) is 0 Å². The molecule has 6 aliphatic carbocycles. The molecule has 0 aromatic heterocycles. The number of carbonyl (C=O) groups excluding carboxylic acids is 1. The van der Waals surface area contributed by atoms with Crippen LogP contribution >= 0.6 is 0 Å². The maximum atomic E-state index is 15.4. The first-order chi connectivity index (χ1) is 29.5. The van der Waals surface area contributed by atoms with Crippen molar-refractivity contribution in [2.75, 3.05) is 13.2 Å². The van der Waals surface area contributed by atoms with E-state index in [0.29, 0.717) is 49.5 Å². The van der Waals surface area contributed by atoms with E-state index in [2.05, 4.69) is 50.5 Å². The molecule has 0 aromatic rings. The Morgan fingerprint density at radius 1 is 1.05 bits per heavy atom. The molecular formula is C51H81N3O8. The normalized spacial score (nSPS) is 45.6. The van der Waals surface area contributed by atoms with Gasteiger partial charge in [-0.15, -0.1) is 0 Å². The molecule has 0 radical (unpaired) electrons. The number of nitrogens with two attached hydrogens (primary N) is 1. The maximum Gasteiger partial charge on any atom is 0.182 e. The number of hydrogen-bond acceptors (Lipinski definition) is 11. The molecule has 4 saturated carbocycles. The van der Waals surface area contributed by atoms with Crippen LogP contribution in [0.4, 0.5) is 0 Å². The van der Waals surface area contributed by atoms with Crippen molar-refractivity contribution in [1.29, 1.82) is 0 Å². The van der Waals surface area contributed by atoms with Gasteiger partial charge < -0.3 is 51.4 Å². The minimum absolute atomic E-state index is 0.115. The largest absolute Gasteiger partial charge is 0.392 e. The first kappa shape index (κ1) is 46.4. The van der Waals surface area contributed by atoms with E-state index in [-0.39, 0.29) is 67.2 Å². The average molecular weight is 864 g/mol. The van der Waals surface area contributed by atoms with Crippen LogP contribution in [0.2, 0.25) is 0 Å². The first-order valence-corrected chi connectivity index (χ1v) is 24.9. The lowest BCUT2D eigenvalue weighted by Gasteiger charge is -2.64. The van der Waals surface area contributed by atoms with Gasteiger partial charge >= 0.3 is 0 Å². The molecule has 62 heavy (non-hydrogen) atoms. The summed E-state index contributed by atoms with van der Waals surface area (Å²) in [7, 11) is 0. The van der Waals surface area contributed by atoms with E-state index in [9.17, 15) is 25.5 Å². The number of rotatable bonds is 14. The summed E-state index contributed by atoms with van der Waals surface area (Å²) < 4.78 is 14.1. The second-order valence-corrected chi connectivity index (χ2v) is 22.0. The van der Waals surface area contributed by atoms with Gasteiger partial charge in [-0.2, -0.15) is 0 Å². The quantitative estimate of drug-likeness (QED) is 0.0764. The van der Waals surface area contributed by atoms with E-state index in [1.54, 1.807) is 6.92 Å². The first-order valence-electron chi connectivity index (χ1n) is 24.9. The molecule has 11 nitrogen and oxygen atoms in total. The summed E-state index contributed by atoms with van der Waals surface area (Å²) in [5.74, 6) is -0.462. The summed E-state index contributed by atoms with van der Waals surface area (Å²) in [6.07, 6.45) is 18.9. The van der Waals surface area contributed by atoms with E-state index in [1.807, 2.05) is 25.3 Å². The van der Waals surface area contributed by atoms with Gasteiger partial charge in [-0.3, -0.25) is 4.79 Å². The molecular weight excluding hydrogens is 783 g/mol. The van der Waals surface area contributed by atoms with Crippen LogP contribution < -0.4 is 16.4 Å². The van der Waals surface area contributed by atoms with Crippen molar-refractivity contribution < 1.29 is 39.8 Å². The van der Waals surface area contributed by atoms with E-state index >= 15 is 4.79 Å². The molecule has 8 rings (SSSR count). The number of fused-ring (bicyclic) bond motifs is 3. The summed E-state index contributed by atoms with van der Waals surface area (Å²) in [5.41, 5.74) is 3.63. The van der Waals surface area contributed by atoms with Crippen molar-refractivity contribution in [3.05, 3.63) is 47.3 Å². The molecule has 11 heteroatoms. The highest BCUT2D eigenvalue weighted by Crippen LogP contribution is 2.73. The predicted octanol–water partition coefficient (Wildman–Crippen LogP) is 5.94. The second-order valence-electron chi connectivity index (χ2n) is 22.0. The Labute approximate surface area is 371 Å². The zero-order valence-corrected chi connectivity index (χ0v) is 38.6. The lowest BCUT2D eigenvalue weighted by Crippen LogP contribution is -2.67. The van der Waals surface area contributed by atoms with Gasteiger partial charge in [0.05, 0.1) is 53.6 Å². The van der Waals surface area contributed by atoms with Crippen LogP contribution in [-0.4, -0.2) is 98.5 Å². The van der Waals surface area contributed by atoms with E-state index in [1.165, 1.54) is 25.7 Å². The molecule has 1 spiro atoms. The summed E-state index contributed by atoms with van der Waals surface area (Å²) in [4.78, 5) is 15.4. The molecule has 0 amide bonds. The van der Waals surface area contributed by atoms with Crippen molar-refractivity contribution in [2.45, 2.75) is 192 Å². The van der Waals surface area contributed by atoms with Crippen molar-refractivity contribution in [2.24, 2.45) is 63.9 Å². The summed E-state index contributed by atoms with van der Waals surface area (Å²) in [6.45, 7) is 13.2. The molecule has 5 fully saturated rings. The number of aliphatic hydroxyl groups excluding tert-OH is 3. The highest BCUT2D eigenvalue weighted by Gasteiger charge is 2.74. The smallest absolute Gasteiger partial charge is 0.182 e. The highest BCUT2D eigenvalue weighted by molar-refractivity contribution is 6.00. The number of allylic oxidation sites excluding steroid dienone is 5. The Morgan fingerprint density at radius 2 is 1.82 bits per heavy atom. The van der Waals surface area contributed by atoms with Crippen LogP contribution in [0.3, 0.4) is 0 Å². The van der Waals surface area contributed by atoms with Crippen LogP contribution in [0.25, 0.3) is 0 Å². The number of carbonyl (C=O) groups is 1. The fourth-order valence-corrected chi connectivity index (χ4v) is 15.2. The number of Topliss-reactive ketones (excluding diaryl/α,β-unsaturated/α-hetero) is 1. The van der Waals surface area contributed by atoms with Crippen LogP contribution in [0, 0.1) is 58.2 Å². The minimum Gasteiger partial charge on any atom is -0.392 e. The number of unbranched alkanes of at least 4 members (excludes halogenated alkanes) is 2. The molecule has 0 aromatic carbocycles. The fraction of sp³-hybridized carbons (Fsp3) is 0.824. The van der Waals surface area contributed by atoms with Crippen molar-refractivity contribution in [3.63, 3.8) is 0 Å². The van der Waals surface area contributed by atoms with Gasteiger partial charge in [0.15, 0.2) is 5.78 Å². The molecule has 2 heterocycles. The molecule has 1 unspecified atom stereocenters. The predicted molar refractivity (Wildman–Crippen MR) is 240 cm³/mol. The molecule has 348 valence electrons. The Kier molecular flexibility index (Phi) is 13.4. The van der Waals surface area contributed by atoms with Gasteiger partial charge in [-0.05, 0) is 136 Å². The third kappa shape index (κ3) is 7.82. The Morgan fingerprint density at radius 3 is 2.53 bits per heavy atom. The van der Waals surface area contributed by atoms with Crippen LogP contribution in [-0.2, 0) is 14.3 Å². The summed E-state index contributed by atoms with van der Waals surface area (Å²) >= 11 is 0. The zero-order chi connectivity index (χ0) is 44.4. The highest BCUT2D eigenvalue weighted by atomic mass is 16.6. The fourth-order valence-electron chi connectivity index (χ4n) is 15.2. The number of ether oxygens (including phenoxy) is 2. The molecule has 2 aliphatic heterocycles. The van der Waals surface area contributed by atoms with Crippen molar-refractivity contribution in [3.8, 4) is 0 Å². The second kappa shape index (κ2) is 17.9. The zero-order valence-electron chi connectivity index (χ0n) is 38.6. The summed E-state index contributed by atoms with van der Waals surface area (Å²) in [6, 6.07) is 0. The number of hydrogen-bond donors (Lipinski definition) is 8. The van der Waals surface area contributed by atoms with Crippen LogP contribution in [0.1, 0.15) is 138 Å². The number of nitrogens with one attached hydrogen (secondary N) is 2. The van der Waals surface area contributed by atoms with Crippen LogP contribution in [0.5, 0.6) is 0 Å². The molecule has 19 atom stereocenters. The van der Waals surface area contributed by atoms with E-state index in [0.717, 1.165) is 43.6 Å². The average Bonchev–Trinajstić information content (AvgIpc) is 3.51. The third-order valence-electron chi connectivity index (χ3n) is 18.2. The lowest BCUT2D eigenvalue weighted by atomic mass is 9.41. The van der Waals surface area contributed by atoms with Gasteiger partial charge in [-0.25, -0.2) is 0 Å². The SMILES string of the molecule is CCCCCO[C@H]([C@@H]1O[C@@H]2CC[C@@H](CCC)CC[C@H]2[C@@H]1C)[C@](C)(O)[C@H]1CC[C@@]2(O)C3=C(NC[C@H](C)O)C(=O)[C@@H]4C[C@@H](O)[C@@H](O)C[C@@]45C[C@@H](C4=CNC(N)C=C4)C=C[C@H](C[C@]12C)[C@@H]35.